The van der Waals surface area contributed by atoms with Gasteiger partial charge in [-0.15, -0.1) is 0 Å². The third-order valence-corrected chi connectivity index (χ3v) is 6.55. The average Bonchev–Trinajstić information content (AvgIpc) is 3.10. The van der Waals surface area contributed by atoms with E-state index in [0.29, 0.717) is 45.6 Å². The molecule has 5 amide bonds. The standard InChI is InChI=1S/C25H36N6O6/c1-25(2,3)37-24(35)29-13-11-28(12-14-29)16-21(32)26-27-22(33)20-10-9-19-15-30(20)23(34)31(19)36-17-18-7-5-4-6-8-18/h4-8,19-20H,9-17H2,1-3H3,(H,26,32)(H,27,33)/t19-,20-/m0/s1. The molecule has 0 aromatic heterocycles. The van der Waals surface area contributed by atoms with Crippen molar-refractivity contribution < 1.29 is 28.8 Å². The fraction of sp³-hybridized carbons (Fsp3) is 0.600. The molecule has 3 aliphatic heterocycles. The van der Waals surface area contributed by atoms with Crippen molar-refractivity contribution in [3.63, 3.8) is 0 Å². The molecule has 2 bridgehead atoms. The van der Waals surface area contributed by atoms with E-state index < -0.39 is 17.6 Å². The summed E-state index contributed by atoms with van der Waals surface area (Å²) in [6, 6.07) is 8.46. The molecule has 12 heteroatoms. The number of piperazine rings is 1. The predicted octanol–water partition coefficient (Wildman–Crippen LogP) is 1.09. The van der Waals surface area contributed by atoms with Crippen LogP contribution in [0.3, 0.4) is 0 Å². The number of piperidine rings is 1. The van der Waals surface area contributed by atoms with Crippen LogP contribution in [0.5, 0.6) is 0 Å². The number of hydroxylamine groups is 2. The lowest BCUT2D eigenvalue weighted by atomic mass is 10.0. The van der Waals surface area contributed by atoms with Gasteiger partial charge in [-0.25, -0.2) is 9.59 Å². The Labute approximate surface area is 216 Å². The van der Waals surface area contributed by atoms with Crippen LogP contribution in [0.1, 0.15) is 39.2 Å². The van der Waals surface area contributed by atoms with Gasteiger partial charge in [-0.3, -0.25) is 30.2 Å². The van der Waals surface area contributed by atoms with Gasteiger partial charge in [-0.2, -0.15) is 5.06 Å². The highest BCUT2D eigenvalue weighted by atomic mass is 16.7. The molecule has 3 aliphatic rings. The smallest absolute Gasteiger partial charge is 0.410 e. The number of fused-ring (bicyclic) bond motifs is 2. The maximum absolute atomic E-state index is 12.9. The summed E-state index contributed by atoms with van der Waals surface area (Å²) in [5.41, 5.74) is 5.32. The SMILES string of the molecule is CC(C)(C)OC(=O)N1CCN(CC(=O)NNC(=O)[C@@H]2CC[C@H]3CN2C(=O)N3OCc2ccccc2)CC1. The number of carbonyl (C=O) groups is 4. The third kappa shape index (κ3) is 6.89. The molecule has 1 aromatic carbocycles. The number of carbonyl (C=O) groups excluding carboxylic acids is 4. The molecule has 37 heavy (non-hydrogen) atoms. The Morgan fingerprint density at radius 2 is 1.70 bits per heavy atom. The lowest BCUT2D eigenvalue weighted by Crippen LogP contribution is -2.56. The fourth-order valence-corrected chi connectivity index (χ4v) is 4.66. The Morgan fingerprint density at radius 3 is 2.38 bits per heavy atom. The minimum absolute atomic E-state index is 0.0823. The van der Waals surface area contributed by atoms with E-state index in [4.69, 9.17) is 9.57 Å². The topological polar surface area (TPSA) is 124 Å². The highest BCUT2D eigenvalue weighted by molar-refractivity contribution is 5.90. The summed E-state index contributed by atoms with van der Waals surface area (Å²) < 4.78 is 5.39. The van der Waals surface area contributed by atoms with Crippen LogP contribution in [0.25, 0.3) is 0 Å². The normalized spacial score (nSPS) is 22.1. The molecule has 0 spiro atoms. The Hall–Kier alpha value is -3.38. The maximum atomic E-state index is 12.9. The Kier molecular flexibility index (Phi) is 8.18. The number of amides is 5. The zero-order chi connectivity index (χ0) is 26.6. The second-order valence-corrected chi connectivity index (χ2v) is 10.5. The van der Waals surface area contributed by atoms with Crippen LogP contribution in [0.4, 0.5) is 9.59 Å². The van der Waals surface area contributed by atoms with Crippen LogP contribution < -0.4 is 10.9 Å². The summed E-state index contributed by atoms with van der Waals surface area (Å²) in [6.45, 7) is 8.17. The van der Waals surface area contributed by atoms with Gasteiger partial charge in [0.1, 0.15) is 18.2 Å². The lowest BCUT2D eigenvalue weighted by Gasteiger charge is -2.35. The molecule has 1 aromatic rings. The molecule has 0 unspecified atom stereocenters. The molecule has 0 radical (unpaired) electrons. The molecular weight excluding hydrogens is 480 g/mol. The predicted molar refractivity (Wildman–Crippen MR) is 133 cm³/mol. The van der Waals surface area contributed by atoms with Crippen molar-refractivity contribution in [1.82, 2.24) is 30.6 Å². The number of benzene rings is 1. The van der Waals surface area contributed by atoms with Gasteiger partial charge in [0.25, 0.3) is 11.8 Å². The van der Waals surface area contributed by atoms with Crippen molar-refractivity contribution in [3.8, 4) is 0 Å². The molecule has 2 N–H and O–H groups in total. The van der Waals surface area contributed by atoms with E-state index in [2.05, 4.69) is 10.9 Å². The minimum atomic E-state index is -0.674. The molecule has 3 saturated heterocycles. The van der Waals surface area contributed by atoms with E-state index >= 15 is 0 Å². The van der Waals surface area contributed by atoms with E-state index in [1.54, 1.807) is 4.90 Å². The average molecular weight is 517 g/mol. The second-order valence-electron chi connectivity index (χ2n) is 10.5. The van der Waals surface area contributed by atoms with Gasteiger partial charge < -0.3 is 14.5 Å². The first kappa shape index (κ1) is 26.7. The van der Waals surface area contributed by atoms with Gasteiger partial charge in [-0.1, -0.05) is 30.3 Å². The number of hydrogen-bond acceptors (Lipinski definition) is 7. The molecule has 2 atom stereocenters. The molecule has 0 aliphatic carbocycles. The maximum Gasteiger partial charge on any atom is 0.410 e. The number of hydrogen-bond donors (Lipinski definition) is 2. The zero-order valence-electron chi connectivity index (χ0n) is 21.6. The molecule has 4 rings (SSSR count). The first-order valence-corrected chi connectivity index (χ1v) is 12.7. The lowest BCUT2D eigenvalue weighted by molar-refractivity contribution is -0.140. The fourth-order valence-electron chi connectivity index (χ4n) is 4.66. The summed E-state index contributed by atoms with van der Waals surface area (Å²) in [5, 5.41) is 1.37. The van der Waals surface area contributed by atoms with Crippen molar-refractivity contribution in [2.75, 3.05) is 39.3 Å². The highest BCUT2D eigenvalue weighted by Crippen LogP contribution is 2.30. The van der Waals surface area contributed by atoms with Gasteiger partial charge in [0.15, 0.2) is 0 Å². The van der Waals surface area contributed by atoms with Crippen LogP contribution in [-0.2, 0) is 25.8 Å². The number of nitrogens with zero attached hydrogens (tertiary/aromatic N) is 4. The van der Waals surface area contributed by atoms with Crippen LogP contribution in [0.15, 0.2) is 30.3 Å². The molecular formula is C25H36N6O6. The zero-order valence-corrected chi connectivity index (χ0v) is 21.6. The molecule has 3 fully saturated rings. The van der Waals surface area contributed by atoms with Crippen molar-refractivity contribution in [1.29, 1.82) is 0 Å². The number of urea groups is 1. The largest absolute Gasteiger partial charge is 0.444 e. The minimum Gasteiger partial charge on any atom is -0.444 e. The Balaban J connectivity index is 1.18. The molecule has 3 heterocycles. The summed E-state index contributed by atoms with van der Waals surface area (Å²) >= 11 is 0. The number of hydrazine groups is 1. The van der Waals surface area contributed by atoms with E-state index in [0.717, 1.165) is 5.56 Å². The van der Waals surface area contributed by atoms with Crippen LogP contribution in [0.2, 0.25) is 0 Å². The molecule has 12 nitrogen and oxygen atoms in total. The number of nitrogens with one attached hydrogen (secondary N) is 2. The molecule has 202 valence electrons. The van der Waals surface area contributed by atoms with Crippen molar-refractivity contribution in [2.24, 2.45) is 0 Å². The summed E-state index contributed by atoms with van der Waals surface area (Å²) in [4.78, 5) is 61.1. The van der Waals surface area contributed by atoms with Crippen LogP contribution >= 0.6 is 0 Å². The van der Waals surface area contributed by atoms with Gasteiger partial charge in [-0.05, 0) is 39.2 Å². The molecule has 0 saturated carbocycles. The van der Waals surface area contributed by atoms with E-state index in [1.165, 1.54) is 9.96 Å². The Morgan fingerprint density at radius 1 is 1.00 bits per heavy atom. The summed E-state index contributed by atoms with van der Waals surface area (Å²) in [7, 11) is 0. The third-order valence-electron chi connectivity index (χ3n) is 6.55. The van der Waals surface area contributed by atoms with E-state index in [-0.39, 0.29) is 37.2 Å². The van der Waals surface area contributed by atoms with Gasteiger partial charge in [0.05, 0.1) is 12.6 Å². The number of rotatable bonds is 6. The second kappa shape index (κ2) is 11.3. The summed E-state index contributed by atoms with van der Waals surface area (Å²) in [6.07, 6.45) is 0.750. The van der Waals surface area contributed by atoms with Gasteiger partial charge in [0.2, 0.25) is 0 Å². The van der Waals surface area contributed by atoms with Crippen molar-refractivity contribution in [3.05, 3.63) is 35.9 Å². The van der Waals surface area contributed by atoms with Gasteiger partial charge >= 0.3 is 12.1 Å². The van der Waals surface area contributed by atoms with E-state index in [9.17, 15) is 19.2 Å². The summed E-state index contributed by atoms with van der Waals surface area (Å²) in [5.74, 6) is -0.798. The van der Waals surface area contributed by atoms with Crippen LogP contribution in [0, 0.1) is 0 Å². The van der Waals surface area contributed by atoms with Gasteiger partial charge in [0, 0.05) is 32.7 Å². The Bertz CT molecular complexity index is 991. The quantitative estimate of drug-likeness (QED) is 0.543. The van der Waals surface area contributed by atoms with Crippen molar-refractivity contribution >= 4 is 23.9 Å². The number of ether oxygens (including phenoxy) is 1. The first-order chi connectivity index (χ1) is 17.6. The van der Waals surface area contributed by atoms with E-state index in [1.807, 2.05) is 56.0 Å². The first-order valence-electron chi connectivity index (χ1n) is 12.7. The highest BCUT2D eigenvalue weighted by Gasteiger charge is 2.48. The van der Waals surface area contributed by atoms with Crippen molar-refractivity contribution in [2.45, 2.75) is 57.9 Å². The monoisotopic (exact) mass is 516 g/mol. The van der Waals surface area contributed by atoms with Crippen LogP contribution in [-0.4, -0.2) is 101 Å².